The Morgan fingerprint density at radius 2 is 1.90 bits per heavy atom. The third-order valence-corrected chi connectivity index (χ3v) is 5.92. The van der Waals surface area contributed by atoms with Gasteiger partial charge >= 0.3 is 0 Å². The van der Waals surface area contributed by atoms with Crippen molar-refractivity contribution < 1.29 is 4.74 Å². The Bertz CT molecular complexity index is 456. The lowest BCUT2D eigenvalue weighted by Gasteiger charge is -2.31. The molecule has 0 radical (unpaired) electrons. The molecule has 2 nitrogen and oxygen atoms in total. The molecule has 0 aliphatic heterocycles. The summed E-state index contributed by atoms with van der Waals surface area (Å²) in [4.78, 5) is 2.89. The summed E-state index contributed by atoms with van der Waals surface area (Å²) < 4.78 is 6.23. The Morgan fingerprint density at radius 1 is 1.19 bits per heavy atom. The van der Waals surface area contributed by atoms with E-state index < -0.39 is 0 Å². The molecule has 0 amide bonds. The molecular weight excluding hydrogens is 278 g/mol. The molecule has 1 aromatic rings. The van der Waals surface area contributed by atoms with E-state index in [1.54, 1.807) is 0 Å². The van der Waals surface area contributed by atoms with Crippen molar-refractivity contribution in [3.63, 3.8) is 0 Å². The molecule has 2 unspecified atom stereocenters. The smallest absolute Gasteiger partial charge is 0.0731 e. The summed E-state index contributed by atoms with van der Waals surface area (Å²) in [7, 11) is 0. The molecule has 1 aromatic heterocycles. The van der Waals surface area contributed by atoms with Gasteiger partial charge in [-0.05, 0) is 62.5 Å². The molecule has 3 rings (SSSR count). The molecule has 0 spiro atoms. The first-order chi connectivity index (χ1) is 10.1. The Morgan fingerprint density at radius 3 is 2.57 bits per heavy atom. The highest BCUT2D eigenvalue weighted by Gasteiger charge is 2.25. The van der Waals surface area contributed by atoms with Crippen LogP contribution in [0.3, 0.4) is 0 Å². The van der Waals surface area contributed by atoms with Crippen LogP contribution in [0.25, 0.3) is 0 Å². The van der Waals surface area contributed by atoms with Gasteiger partial charge in [-0.3, -0.25) is 0 Å². The van der Waals surface area contributed by atoms with Crippen molar-refractivity contribution in [3.8, 4) is 0 Å². The van der Waals surface area contributed by atoms with E-state index in [1.807, 2.05) is 11.3 Å². The number of ether oxygens (including phenoxy) is 1. The molecule has 118 valence electrons. The third kappa shape index (κ3) is 4.54. The second kappa shape index (κ2) is 6.80. The monoisotopic (exact) mass is 307 g/mol. The molecule has 0 saturated heterocycles. The highest BCUT2D eigenvalue weighted by atomic mass is 32.1. The summed E-state index contributed by atoms with van der Waals surface area (Å²) in [6.45, 7) is 8.80. The first kappa shape index (κ1) is 15.5. The van der Waals surface area contributed by atoms with Crippen LogP contribution >= 0.6 is 11.3 Å². The molecule has 0 aromatic carbocycles. The predicted octanol–water partition coefficient (Wildman–Crippen LogP) is 4.65. The van der Waals surface area contributed by atoms with Crippen LogP contribution in [0.2, 0.25) is 0 Å². The number of aryl methyl sites for hydroxylation is 1. The Hall–Kier alpha value is -0.380. The van der Waals surface area contributed by atoms with Crippen LogP contribution in [0, 0.1) is 18.8 Å². The van der Waals surface area contributed by atoms with E-state index in [2.05, 4.69) is 32.2 Å². The number of hydrogen-bond donors (Lipinski definition) is 1. The maximum atomic E-state index is 6.23. The normalized spacial score (nSPS) is 29.8. The maximum Gasteiger partial charge on any atom is 0.0731 e. The molecule has 3 heteroatoms. The van der Waals surface area contributed by atoms with Gasteiger partial charge in [-0.1, -0.05) is 13.8 Å². The number of rotatable bonds is 6. The first-order valence-electron chi connectivity index (χ1n) is 8.53. The minimum absolute atomic E-state index is 0.469. The quantitative estimate of drug-likeness (QED) is 0.826. The van der Waals surface area contributed by atoms with Gasteiger partial charge in [0, 0.05) is 22.3 Å². The van der Waals surface area contributed by atoms with E-state index in [0.717, 1.165) is 31.0 Å². The van der Waals surface area contributed by atoms with E-state index in [1.165, 1.54) is 47.4 Å². The van der Waals surface area contributed by atoms with Crippen molar-refractivity contribution in [1.29, 1.82) is 0 Å². The summed E-state index contributed by atoms with van der Waals surface area (Å²) in [6, 6.07) is 3.14. The molecule has 2 aliphatic carbocycles. The van der Waals surface area contributed by atoms with Gasteiger partial charge in [0.1, 0.15) is 0 Å². The Kier molecular flexibility index (Phi) is 5.03. The average molecular weight is 308 g/mol. The topological polar surface area (TPSA) is 21.3 Å². The third-order valence-electron chi connectivity index (χ3n) is 4.82. The zero-order chi connectivity index (χ0) is 14.8. The van der Waals surface area contributed by atoms with E-state index in [-0.39, 0.29) is 0 Å². The van der Waals surface area contributed by atoms with Crippen molar-refractivity contribution in [2.75, 3.05) is 0 Å². The molecule has 2 fully saturated rings. The summed E-state index contributed by atoms with van der Waals surface area (Å²) in [5, 5.41) is 3.60. The van der Waals surface area contributed by atoms with Crippen LogP contribution in [0.5, 0.6) is 0 Å². The van der Waals surface area contributed by atoms with Gasteiger partial charge in [0.2, 0.25) is 0 Å². The highest BCUT2D eigenvalue weighted by Crippen LogP contribution is 2.31. The predicted molar refractivity (Wildman–Crippen MR) is 89.7 cm³/mol. The average Bonchev–Trinajstić information content (AvgIpc) is 3.17. The van der Waals surface area contributed by atoms with Gasteiger partial charge in [-0.25, -0.2) is 0 Å². The van der Waals surface area contributed by atoms with Gasteiger partial charge in [0.05, 0.1) is 12.7 Å². The van der Waals surface area contributed by atoms with Crippen molar-refractivity contribution >= 4 is 11.3 Å². The largest absolute Gasteiger partial charge is 0.373 e. The lowest BCUT2D eigenvalue weighted by atomic mass is 9.82. The minimum atomic E-state index is 0.469. The van der Waals surface area contributed by atoms with Gasteiger partial charge in [0.15, 0.2) is 0 Å². The zero-order valence-electron chi connectivity index (χ0n) is 13.7. The fourth-order valence-corrected chi connectivity index (χ4v) is 4.57. The highest BCUT2D eigenvalue weighted by molar-refractivity contribution is 7.12. The molecule has 2 saturated carbocycles. The fourth-order valence-electron chi connectivity index (χ4n) is 3.57. The fraction of sp³-hybridized carbons (Fsp3) is 0.778. The molecule has 21 heavy (non-hydrogen) atoms. The number of hydrogen-bond acceptors (Lipinski definition) is 3. The van der Waals surface area contributed by atoms with Crippen LogP contribution in [0.15, 0.2) is 6.07 Å². The van der Waals surface area contributed by atoms with E-state index in [4.69, 9.17) is 4.74 Å². The molecule has 1 heterocycles. The van der Waals surface area contributed by atoms with Crippen molar-refractivity contribution in [2.24, 2.45) is 11.8 Å². The van der Waals surface area contributed by atoms with Crippen LogP contribution in [-0.4, -0.2) is 12.1 Å². The summed E-state index contributed by atoms with van der Waals surface area (Å²) in [6.07, 6.45) is 7.04. The molecule has 0 bridgehead atoms. The lowest BCUT2D eigenvalue weighted by Crippen LogP contribution is -2.26. The van der Waals surface area contributed by atoms with E-state index in [0.29, 0.717) is 6.10 Å². The van der Waals surface area contributed by atoms with Gasteiger partial charge in [-0.15, -0.1) is 11.3 Å². The minimum Gasteiger partial charge on any atom is -0.373 e. The van der Waals surface area contributed by atoms with E-state index in [9.17, 15) is 0 Å². The van der Waals surface area contributed by atoms with Crippen molar-refractivity contribution in [1.82, 2.24) is 5.32 Å². The van der Waals surface area contributed by atoms with Crippen LogP contribution < -0.4 is 5.32 Å². The summed E-state index contributed by atoms with van der Waals surface area (Å²) >= 11 is 1.93. The molecule has 2 atom stereocenters. The zero-order valence-corrected chi connectivity index (χ0v) is 14.5. The second-order valence-electron chi connectivity index (χ2n) is 7.30. The van der Waals surface area contributed by atoms with Crippen molar-refractivity contribution in [3.05, 3.63) is 21.4 Å². The van der Waals surface area contributed by atoms with Gasteiger partial charge < -0.3 is 10.1 Å². The molecular formula is C18H29NOS. The van der Waals surface area contributed by atoms with Crippen LogP contribution in [0.1, 0.15) is 61.3 Å². The Balaban J connectivity index is 1.49. The molecule has 1 N–H and O–H groups in total. The van der Waals surface area contributed by atoms with Crippen LogP contribution in [0.4, 0.5) is 0 Å². The SMILES string of the molecule is Cc1sc(CNC2CC2)cc1COC1CC(C)CC(C)C1. The Labute approximate surface area is 133 Å². The number of thiophene rings is 1. The standard InChI is InChI=1S/C18H29NOS/c1-12-6-13(2)8-17(7-12)20-11-15-9-18(21-14(15)3)10-19-16-4-5-16/h9,12-13,16-17,19H,4-8,10-11H2,1-3H3. The van der Waals surface area contributed by atoms with Crippen LogP contribution in [-0.2, 0) is 17.9 Å². The van der Waals surface area contributed by atoms with Crippen molar-refractivity contribution in [2.45, 2.75) is 78.2 Å². The lowest BCUT2D eigenvalue weighted by molar-refractivity contribution is -0.00920. The maximum absolute atomic E-state index is 6.23. The van der Waals surface area contributed by atoms with Gasteiger partial charge in [0.25, 0.3) is 0 Å². The van der Waals surface area contributed by atoms with Gasteiger partial charge in [-0.2, -0.15) is 0 Å². The summed E-state index contributed by atoms with van der Waals surface area (Å²) in [5.41, 5.74) is 1.40. The number of nitrogens with one attached hydrogen (secondary N) is 1. The second-order valence-corrected chi connectivity index (χ2v) is 8.64. The van der Waals surface area contributed by atoms with E-state index >= 15 is 0 Å². The first-order valence-corrected chi connectivity index (χ1v) is 9.35. The summed E-state index contributed by atoms with van der Waals surface area (Å²) in [5.74, 6) is 1.64. The molecule has 2 aliphatic rings.